The normalized spacial score (nSPS) is 13.6. The van der Waals surface area contributed by atoms with Crippen molar-refractivity contribution in [3.05, 3.63) is 65.9 Å². The number of aryl methyl sites for hydroxylation is 3. The Bertz CT molecular complexity index is 1030. The number of aromatic nitrogens is 3. The van der Waals surface area contributed by atoms with Crippen molar-refractivity contribution in [1.29, 1.82) is 0 Å². The van der Waals surface area contributed by atoms with E-state index in [-0.39, 0.29) is 0 Å². The highest BCUT2D eigenvalue weighted by molar-refractivity contribution is 5.77. The molecule has 2 aromatic carbocycles. The molecular formula is C24H25N3O. The Labute approximate surface area is 165 Å². The van der Waals surface area contributed by atoms with Crippen LogP contribution in [0.2, 0.25) is 0 Å². The summed E-state index contributed by atoms with van der Waals surface area (Å²) in [5.41, 5.74) is 7.79. The van der Waals surface area contributed by atoms with Gasteiger partial charge in [0.15, 0.2) is 5.82 Å². The Morgan fingerprint density at radius 1 is 0.964 bits per heavy atom. The largest absolute Gasteiger partial charge is 0.497 e. The first-order valence-corrected chi connectivity index (χ1v) is 10.1. The van der Waals surface area contributed by atoms with E-state index < -0.39 is 0 Å². The van der Waals surface area contributed by atoms with Gasteiger partial charge < -0.3 is 9.30 Å². The highest BCUT2D eigenvalue weighted by atomic mass is 16.5. The van der Waals surface area contributed by atoms with Crippen molar-refractivity contribution in [1.82, 2.24) is 14.2 Å². The summed E-state index contributed by atoms with van der Waals surface area (Å²) in [5.74, 6) is 1.91. The molecule has 5 rings (SSSR count). The van der Waals surface area contributed by atoms with Crippen molar-refractivity contribution in [2.75, 3.05) is 7.11 Å². The molecule has 2 aromatic heterocycles. The van der Waals surface area contributed by atoms with Gasteiger partial charge in [-0.2, -0.15) is 0 Å². The van der Waals surface area contributed by atoms with E-state index in [1.165, 1.54) is 40.7 Å². The number of ether oxygens (including phenoxy) is 1. The van der Waals surface area contributed by atoms with Gasteiger partial charge in [-0.05, 0) is 61.1 Å². The smallest absolute Gasteiger partial charge is 0.162 e. The van der Waals surface area contributed by atoms with Gasteiger partial charge >= 0.3 is 0 Å². The Morgan fingerprint density at radius 2 is 1.71 bits per heavy atom. The highest BCUT2D eigenvalue weighted by Crippen LogP contribution is 2.35. The quantitative estimate of drug-likeness (QED) is 0.482. The van der Waals surface area contributed by atoms with Gasteiger partial charge in [0.25, 0.3) is 0 Å². The molecule has 0 amide bonds. The molecule has 1 aliphatic heterocycles. The van der Waals surface area contributed by atoms with E-state index in [2.05, 4.69) is 58.6 Å². The fourth-order valence-electron chi connectivity index (χ4n) is 4.29. The van der Waals surface area contributed by atoms with Gasteiger partial charge in [0.2, 0.25) is 0 Å². The van der Waals surface area contributed by atoms with Crippen LogP contribution in [0.1, 0.15) is 30.9 Å². The molecule has 28 heavy (non-hydrogen) atoms. The number of hydrogen-bond acceptors (Lipinski definition) is 2. The Kier molecular flexibility index (Phi) is 4.19. The SMILES string of the molecule is CCc1ccc(-c2cn3nc(-c4ccc(OC)cc4)n4c3c2CCCC4)cc1. The van der Waals surface area contributed by atoms with Crippen molar-refractivity contribution in [3.8, 4) is 28.3 Å². The van der Waals surface area contributed by atoms with Crippen LogP contribution in [-0.4, -0.2) is 21.3 Å². The average molecular weight is 371 g/mol. The summed E-state index contributed by atoms with van der Waals surface area (Å²) in [4.78, 5) is 0. The maximum absolute atomic E-state index is 5.30. The van der Waals surface area contributed by atoms with E-state index in [0.717, 1.165) is 36.5 Å². The minimum atomic E-state index is 0.872. The monoisotopic (exact) mass is 371 g/mol. The summed E-state index contributed by atoms with van der Waals surface area (Å²) in [6.45, 7) is 3.21. The Balaban J connectivity index is 1.65. The highest BCUT2D eigenvalue weighted by Gasteiger charge is 2.22. The van der Waals surface area contributed by atoms with E-state index in [0.29, 0.717) is 0 Å². The van der Waals surface area contributed by atoms with Crippen molar-refractivity contribution in [3.63, 3.8) is 0 Å². The van der Waals surface area contributed by atoms with Gasteiger partial charge in [0.05, 0.1) is 7.11 Å². The first-order valence-electron chi connectivity index (χ1n) is 10.1. The molecule has 0 atom stereocenters. The lowest BCUT2D eigenvalue weighted by molar-refractivity contribution is 0.415. The minimum Gasteiger partial charge on any atom is -0.497 e. The third-order valence-corrected chi connectivity index (χ3v) is 5.86. The predicted molar refractivity (Wildman–Crippen MR) is 113 cm³/mol. The van der Waals surface area contributed by atoms with Crippen LogP contribution in [-0.2, 0) is 19.4 Å². The first-order chi connectivity index (χ1) is 13.8. The van der Waals surface area contributed by atoms with Gasteiger partial charge in [-0.3, -0.25) is 0 Å². The molecule has 142 valence electrons. The van der Waals surface area contributed by atoms with Gasteiger partial charge in [-0.25, -0.2) is 4.52 Å². The second-order valence-corrected chi connectivity index (χ2v) is 7.50. The molecule has 1 aliphatic rings. The molecule has 0 bridgehead atoms. The van der Waals surface area contributed by atoms with Gasteiger partial charge in [-0.1, -0.05) is 31.2 Å². The van der Waals surface area contributed by atoms with Gasteiger partial charge in [0.1, 0.15) is 11.4 Å². The van der Waals surface area contributed by atoms with Crippen molar-refractivity contribution in [2.45, 2.75) is 39.2 Å². The number of methoxy groups -OCH3 is 1. The predicted octanol–water partition coefficient (Wildman–Crippen LogP) is 5.38. The zero-order valence-corrected chi connectivity index (χ0v) is 16.5. The zero-order valence-electron chi connectivity index (χ0n) is 16.5. The molecule has 0 unspecified atom stereocenters. The molecule has 4 heteroatoms. The van der Waals surface area contributed by atoms with Crippen LogP contribution in [0.4, 0.5) is 0 Å². The third kappa shape index (κ3) is 2.71. The Hall–Kier alpha value is -3.01. The van der Waals surface area contributed by atoms with E-state index in [1.54, 1.807) is 7.11 Å². The lowest BCUT2D eigenvalue weighted by Gasteiger charge is -2.07. The molecular weight excluding hydrogens is 346 g/mol. The number of hydrogen-bond donors (Lipinski definition) is 0. The van der Waals surface area contributed by atoms with Crippen LogP contribution in [0, 0.1) is 0 Å². The van der Waals surface area contributed by atoms with Crippen molar-refractivity contribution in [2.24, 2.45) is 0 Å². The minimum absolute atomic E-state index is 0.872. The Morgan fingerprint density at radius 3 is 2.43 bits per heavy atom. The number of rotatable bonds is 4. The molecule has 0 saturated carbocycles. The van der Waals surface area contributed by atoms with Crippen molar-refractivity contribution >= 4 is 5.65 Å². The van der Waals surface area contributed by atoms with E-state index in [1.807, 2.05) is 12.1 Å². The molecule has 0 fully saturated rings. The van der Waals surface area contributed by atoms with E-state index in [9.17, 15) is 0 Å². The molecule has 0 spiro atoms. The summed E-state index contributed by atoms with van der Waals surface area (Å²) in [6, 6.07) is 17.2. The summed E-state index contributed by atoms with van der Waals surface area (Å²) in [6.07, 6.45) is 6.78. The lowest BCUT2D eigenvalue weighted by atomic mass is 9.99. The van der Waals surface area contributed by atoms with E-state index >= 15 is 0 Å². The fraction of sp³-hybridized carbons (Fsp3) is 0.292. The summed E-state index contributed by atoms with van der Waals surface area (Å²) < 4.78 is 9.79. The fourth-order valence-corrected chi connectivity index (χ4v) is 4.29. The molecule has 4 nitrogen and oxygen atoms in total. The maximum Gasteiger partial charge on any atom is 0.162 e. The molecule has 0 radical (unpaired) electrons. The van der Waals surface area contributed by atoms with Crippen LogP contribution >= 0.6 is 0 Å². The van der Waals surface area contributed by atoms with Crippen LogP contribution < -0.4 is 4.74 Å². The van der Waals surface area contributed by atoms with Gasteiger partial charge in [0, 0.05) is 29.4 Å². The molecule has 3 heterocycles. The van der Waals surface area contributed by atoms with Crippen LogP contribution in [0.5, 0.6) is 5.75 Å². The summed E-state index contributed by atoms with van der Waals surface area (Å²) in [5, 5.41) is 4.97. The molecule has 0 aliphatic carbocycles. The maximum atomic E-state index is 5.30. The summed E-state index contributed by atoms with van der Waals surface area (Å²) >= 11 is 0. The topological polar surface area (TPSA) is 31.5 Å². The molecule has 0 saturated heterocycles. The zero-order chi connectivity index (χ0) is 19.1. The standard InChI is InChI=1S/C24H25N3O/c1-3-17-7-9-18(10-8-17)22-16-27-24-21(22)6-4-5-15-26(24)23(25-27)19-11-13-20(28-2)14-12-19/h7-14,16H,3-6,15H2,1-2H3. The second kappa shape index (κ2) is 6.86. The van der Waals surface area contributed by atoms with E-state index in [4.69, 9.17) is 9.84 Å². The van der Waals surface area contributed by atoms with Crippen molar-refractivity contribution < 1.29 is 4.74 Å². The first kappa shape index (κ1) is 17.1. The third-order valence-electron chi connectivity index (χ3n) is 5.86. The second-order valence-electron chi connectivity index (χ2n) is 7.50. The molecule has 0 N–H and O–H groups in total. The van der Waals surface area contributed by atoms with Gasteiger partial charge in [-0.15, -0.1) is 5.10 Å². The number of nitrogens with zero attached hydrogens (tertiary/aromatic N) is 3. The van der Waals surface area contributed by atoms with Crippen LogP contribution in [0.25, 0.3) is 28.2 Å². The number of benzene rings is 2. The average Bonchev–Trinajstić information content (AvgIpc) is 3.18. The summed E-state index contributed by atoms with van der Waals surface area (Å²) in [7, 11) is 1.70. The lowest BCUT2D eigenvalue weighted by Crippen LogP contribution is -1.99. The molecule has 4 aromatic rings. The van der Waals surface area contributed by atoms with Crippen LogP contribution in [0.3, 0.4) is 0 Å². The van der Waals surface area contributed by atoms with Crippen LogP contribution in [0.15, 0.2) is 54.7 Å².